The zero-order valence-corrected chi connectivity index (χ0v) is 11.9. The van der Waals surface area contributed by atoms with Crippen molar-refractivity contribution >= 4 is 5.69 Å². The molecule has 1 heterocycles. The summed E-state index contributed by atoms with van der Waals surface area (Å²) in [6.45, 7) is 6.36. The summed E-state index contributed by atoms with van der Waals surface area (Å²) in [4.78, 5) is 2.66. The molecular weight excluding hydrogens is 236 g/mol. The van der Waals surface area contributed by atoms with Crippen molar-refractivity contribution in [2.45, 2.75) is 51.3 Å². The minimum atomic E-state index is 0.348. The third kappa shape index (κ3) is 2.37. The minimum Gasteiger partial charge on any atom is -0.399 e. The summed E-state index contributed by atoms with van der Waals surface area (Å²) < 4.78 is 5.82. The molecule has 0 saturated carbocycles. The van der Waals surface area contributed by atoms with Crippen molar-refractivity contribution < 1.29 is 4.74 Å². The lowest BCUT2D eigenvalue weighted by atomic mass is 10.0. The van der Waals surface area contributed by atoms with E-state index in [9.17, 15) is 0 Å². The highest BCUT2D eigenvalue weighted by Gasteiger charge is 2.35. The number of ether oxygens (including phenoxy) is 1. The molecule has 104 valence electrons. The highest BCUT2D eigenvalue weighted by molar-refractivity contribution is 5.47. The number of hydrogen-bond acceptors (Lipinski definition) is 3. The summed E-state index contributed by atoms with van der Waals surface area (Å²) in [5, 5.41) is 0. The van der Waals surface area contributed by atoms with Gasteiger partial charge in [0.05, 0.1) is 12.7 Å². The average molecular weight is 260 g/mol. The van der Waals surface area contributed by atoms with Crippen molar-refractivity contribution in [3.63, 3.8) is 0 Å². The molecule has 3 heteroatoms. The van der Waals surface area contributed by atoms with Crippen LogP contribution in [-0.4, -0.2) is 30.2 Å². The molecule has 3 rings (SSSR count). The van der Waals surface area contributed by atoms with E-state index in [-0.39, 0.29) is 0 Å². The van der Waals surface area contributed by atoms with E-state index in [0.29, 0.717) is 18.2 Å². The summed E-state index contributed by atoms with van der Waals surface area (Å²) in [5.41, 5.74) is 9.72. The first-order chi connectivity index (χ1) is 9.19. The SMILES string of the molecule is CCC1COC(C)CN1C1CCc2cc(N)ccc21. The highest BCUT2D eigenvalue weighted by atomic mass is 16.5. The molecule has 1 fully saturated rings. The maximum absolute atomic E-state index is 5.90. The van der Waals surface area contributed by atoms with E-state index in [2.05, 4.69) is 30.9 Å². The van der Waals surface area contributed by atoms with Gasteiger partial charge in [-0.15, -0.1) is 0 Å². The first-order valence-corrected chi connectivity index (χ1v) is 7.44. The molecule has 3 unspecified atom stereocenters. The molecule has 0 radical (unpaired) electrons. The fourth-order valence-electron chi connectivity index (χ4n) is 3.56. The first kappa shape index (κ1) is 12.9. The Balaban J connectivity index is 1.87. The van der Waals surface area contributed by atoms with Crippen molar-refractivity contribution in [2.24, 2.45) is 0 Å². The molecular formula is C16H24N2O. The van der Waals surface area contributed by atoms with E-state index < -0.39 is 0 Å². The van der Waals surface area contributed by atoms with Gasteiger partial charge in [0.15, 0.2) is 0 Å². The summed E-state index contributed by atoms with van der Waals surface area (Å²) >= 11 is 0. The van der Waals surface area contributed by atoms with Crippen molar-refractivity contribution in [1.29, 1.82) is 0 Å². The molecule has 1 aromatic carbocycles. The van der Waals surface area contributed by atoms with Crippen LogP contribution in [0.3, 0.4) is 0 Å². The van der Waals surface area contributed by atoms with Crippen molar-refractivity contribution in [3.8, 4) is 0 Å². The Hall–Kier alpha value is -1.06. The zero-order valence-electron chi connectivity index (χ0n) is 11.9. The van der Waals surface area contributed by atoms with E-state index in [0.717, 1.165) is 31.7 Å². The van der Waals surface area contributed by atoms with Crippen LogP contribution < -0.4 is 5.73 Å². The van der Waals surface area contributed by atoms with Gasteiger partial charge in [-0.05, 0) is 49.4 Å². The zero-order chi connectivity index (χ0) is 13.4. The number of hydrogen-bond donors (Lipinski definition) is 1. The van der Waals surface area contributed by atoms with Gasteiger partial charge in [0.1, 0.15) is 0 Å². The number of nitrogens with two attached hydrogens (primary N) is 1. The topological polar surface area (TPSA) is 38.5 Å². The Bertz CT molecular complexity index is 460. The molecule has 2 aliphatic rings. The number of fused-ring (bicyclic) bond motifs is 1. The number of benzene rings is 1. The molecule has 0 amide bonds. The van der Waals surface area contributed by atoms with Gasteiger partial charge < -0.3 is 10.5 Å². The van der Waals surface area contributed by atoms with Crippen LogP contribution in [0.25, 0.3) is 0 Å². The van der Waals surface area contributed by atoms with Gasteiger partial charge in [-0.1, -0.05) is 13.0 Å². The number of nitrogens with zero attached hydrogens (tertiary/aromatic N) is 1. The molecule has 1 aromatic rings. The average Bonchev–Trinajstić information content (AvgIpc) is 2.81. The van der Waals surface area contributed by atoms with Gasteiger partial charge in [-0.25, -0.2) is 0 Å². The second kappa shape index (κ2) is 5.14. The summed E-state index contributed by atoms with van der Waals surface area (Å²) in [6, 6.07) is 7.55. The smallest absolute Gasteiger partial charge is 0.0675 e. The lowest BCUT2D eigenvalue weighted by molar-refractivity contribution is -0.0730. The number of aryl methyl sites for hydroxylation is 1. The van der Waals surface area contributed by atoms with Crippen LogP contribution in [0.4, 0.5) is 5.69 Å². The molecule has 1 aliphatic carbocycles. The van der Waals surface area contributed by atoms with Crippen LogP contribution in [0.2, 0.25) is 0 Å². The Kier molecular flexibility index (Phi) is 3.50. The van der Waals surface area contributed by atoms with Gasteiger partial charge in [-0.2, -0.15) is 0 Å². The van der Waals surface area contributed by atoms with Gasteiger partial charge in [0.2, 0.25) is 0 Å². The summed E-state index contributed by atoms with van der Waals surface area (Å²) in [7, 11) is 0. The molecule has 2 N–H and O–H groups in total. The molecule has 3 nitrogen and oxygen atoms in total. The van der Waals surface area contributed by atoms with Gasteiger partial charge in [0.25, 0.3) is 0 Å². The van der Waals surface area contributed by atoms with E-state index in [1.807, 2.05) is 6.07 Å². The number of nitrogen functional groups attached to an aromatic ring is 1. The fraction of sp³-hybridized carbons (Fsp3) is 0.625. The lowest BCUT2D eigenvalue weighted by Gasteiger charge is -2.42. The number of rotatable bonds is 2. The Morgan fingerprint density at radius 2 is 2.26 bits per heavy atom. The van der Waals surface area contributed by atoms with Crippen molar-refractivity contribution in [1.82, 2.24) is 4.90 Å². The third-order valence-corrected chi connectivity index (χ3v) is 4.59. The largest absolute Gasteiger partial charge is 0.399 e. The monoisotopic (exact) mass is 260 g/mol. The molecule has 0 bridgehead atoms. The second-order valence-corrected chi connectivity index (χ2v) is 5.92. The van der Waals surface area contributed by atoms with Gasteiger partial charge >= 0.3 is 0 Å². The highest BCUT2D eigenvalue weighted by Crippen LogP contribution is 2.39. The van der Waals surface area contributed by atoms with Gasteiger partial charge in [-0.3, -0.25) is 4.90 Å². The number of morpholine rings is 1. The third-order valence-electron chi connectivity index (χ3n) is 4.59. The first-order valence-electron chi connectivity index (χ1n) is 7.44. The molecule has 0 aromatic heterocycles. The Morgan fingerprint density at radius 1 is 1.42 bits per heavy atom. The van der Waals surface area contributed by atoms with Gasteiger partial charge in [0, 0.05) is 24.3 Å². The fourth-order valence-corrected chi connectivity index (χ4v) is 3.56. The van der Waals surface area contributed by atoms with E-state index >= 15 is 0 Å². The van der Waals surface area contributed by atoms with Crippen LogP contribution in [0, 0.1) is 0 Å². The van der Waals surface area contributed by atoms with Crippen LogP contribution in [-0.2, 0) is 11.2 Å². The predicted octanol–water partition coefficient (Wildman–Crippen LogP) is 2.76. The molecule has 3 atom stereocenters. The molecule has 0 spiro atoms. The minimum absolute atomic E-state index is 0.348. The predicted molar refractivity (Wildman–Crippen MR) is 78.1 cm³/mol. The van der Waals surface area contributed by atoms with Crippen LogP contribution in [0.1, 0.15) is 43.9 Å². The molecule has 19 heavy (non-hydrogen) atoms. The lowest BCUT2D eigenvalue weighted by Crippen LogP contribution is -2.49. The molecule has 1 saturated heterocycles. The van der Waals surface area contributed by atoms with Crippen molar-refractivity contribution in [2.75, 3.05) is 18.9 Å². The standard InChI is InChI=1S/C16H24N2O/c1-3-14-10-19-11(2)9-18(14)16-7-4-12-8-13(17)5-6-15(12)16/h5-6,8,11,14,16H,3-4,7,9-10,17H2,1-2H3. The van der Waals surface area contributed by atoms with E-state index in [4.69, 9.17) is 10.5 Å². The summed E-state index contributed by atoms with van der Waals surface area (Å²) in [6.07, 6.45) is 3.89. The Labute approximate surface area is 115 Å². The van der Waals surface area contributed by atoms with Crippen molar-refractivity contribution in [3.05, 3.63) is 29.3 Å². The van der Waals surface area contributed by atoms with E-state index in [1.165, 1.54) is 17.5 Å². The van der Waals surface area contributed by atoms with Crippen LogP contribution in [0.15, 0.2) is 18.2 Å². The molecule has 1 aliphatic heterocycles. The maximum Gasteiger partial charge on any atom is 0.0675 e. The second-order valence-electron chi connectivity index (χ2n) is 5.92. The summed E-state index contributed by atoms with van der Waals surface area (Å²) in [5.74, 6) is 0. The van der Waals surface area contributed by atoms with Crippen LogP contribution in [0.5, 0.6) is 0 Å². The maximum atomic E-state index is 5.90. The Morgan fingerprint density at radius 3 is 3.05 bits per heavy atom. The number of anilines is 1. The van der Waals surface area contributed by atoms with Crippen LogP contribution >= 0.6 is 0 Å². The van der Waals surface area contributed by atoms with E-state index in [1.54, 1.807) is 0 Å². The normalized spacial score (nSPS) is 31.4. The quantitative estimate of drug-likeness (QED) is 0.831.